The van der Waals surface area contributed by atoms with Crippen molar-refractivity contribution in [3.8, 4) is 0 Å². The van der Waals surface area contributed by atoms with Crippen LogP contribution in [-0.2, 0) is 9.84 Å². The van der Waals surface area contributed by atoms with Gasteiger partial charge in [0.25, 0.3) is 5.69 Å². The molecule has 7 nitrogen and oxygen atoms in total. The molecule has 0 bridgehead atoms. The number of nitrogens with one attached hydrogen (secondary N) is 1. The molecule has 2 rings (SSSR count). The molecule has 1 heterocycles. The number of nitro benzene ring substituents is 1. The van der Waals surface area contributed by atoms with Gasteiger partial charge in [0.1, 0.15) is 0 Å². The van der Waals surface area contributed by atoms with E-state index in [1.807, 2.05) is 0 Å². The summed E-state index contributed by atoms with van der Waals surface area (Å²) in [6.07, 6.45) is 0.527. The highest BCUT2D eigenvalue weighted by atomic mass is 32.2. The van der Waals surface area contributed by atoms with Crippen molar-refractivity contribution in [1.29, 1.82) is 0 Å². The Morgan fingerprint density at radius 1 is 1.44 bits per heavy atom. The summed E-state index contributed by atoms with van der Waals surface area (Å²) >= 11 is 0. The first-order valence-corrected chi connectivity index (χ1v) is 7.20. The Morgan fingerprint density at radius 3 is 2.67 bits per heavy atom. The summed E-state index contributed by atoms with van der Waals surface area (Å²) in [4.78, 5) is 10.0. The number of nitrogens with two attached hydrogens (primary N) is 1. The van der Waals surface area contributed by atoms with Crippen molar-refractivity contribution in [3.05, 3.63) is 28.3 Å². The minimum Gasteiger partial charge on any atom is -0.397 e. The monoisotopic (exact) mass is 271 g/mol. The minimum absolute atomic E-state index is 0.0728. The second-order valence-corrected chi connectivity index (χ2v) is 6.50. The van der Waals surface area contributed by atoms with Crippen LogP contribution in [0.2, 0.25) is 0 Å². The Hall–Kier alpha value is -1.83. The molecule has 98 valence electrons. The van der Waals surface area contributed by atoms with Crippen molar-refractivity contribution in [1.82, 2.24) is 0 Å². The number of nitrogen functional groups attached to an aromatic ring is 1. The number of rotatable bonds is 3. The molecule has 0 radical (unpaired) electrons. The molecule has 0 amide bonds. The quantitative estimate of drug-likeness (QED) is 0.476. The third-order valence-corrected chi connectivity index (χ3v) is 4.61. The first-order valence-electron chi connectivity index (χ1n) is 5.38. The average Bonchev–Trinajstić information content (AvgIpc) is 2.61. The van der Waals surface area contributed by atoms with Crippen LogP contribution in [-0.4, -0.2) is 30.9 Å². The summed E-state index contributed by atoms with van der Waals surface area (Å²) in [6.45, 7) is 0. The topological polar surface area (TPSA) is 115 Å². The molecule has 0 spiro atoms. The maximum absolute atomic E-state index is 11.3. The van der Waals surface area contributed by atoms with Crippen molar-refractivity contribution < 1.29 is 13.3 Å². The third-order valence-electron chi connectivity index (χ3n) is 2.84. The maximum Gasteiger partial charge on any atom is 0.271 e. The first kappa shape index (κ1) is 12.6. The van der Waals surface area contributed by atoms with Crippen LogP contribution in [0.4, 0.5) is 17.1 Å². The van der Waals surface area contributed by atoms with Gasteiger partial charge in [0, 0.05) is 18.2 Å². The number of nitrogens with zero attached hydrogens (tertiary/aromatic N) is 1. The standard InChI is InChI=1S/C10H13N3O4S/c11-9-5-8(13(14)15)1-2-10(9)12-7-3-4-18(16,17)6-7/h1-2,5,7,12H,3-4,6,11H2. The summed E-state index contributed by atoms with van der Waals surface area (Å²) < 4.78 is 22.6. The molecule has 3 N–H and O–H groups in total. The molecule has 1 fully saturated rings. The summed E-state index contributed by atoms with van der Waals surface area (Å²) in [5.74, 6) is 0.237. The van der Waals surface area contributed by atoms with Crippen LogP contribution < -0.4 is 11.1 Å². The lowest BCUT2D eigenvalue weighted by atomic mass is 10.2. The van der Waals surface area contributed by atoms with Gasteiger partial charge in [-0.2, -0.15) is 0 Å². The molecule has 1 aromatic carbocycles. The van der Waals surface area contributed by atoms with Crippen molar-refractivity contribution in [2.75, 3.05) is 22.6 Å². The van der Waals surface area contributed by atoms with Gasteiger partial charge in [0.05, 0.1) is 27.8 Å². The molecule has 0 saturated carbocycles. The zero-order chi connectivity index (χ0) is 13.3. The van der Waals surface area contributed by atoms with E-state index >= 15 is 0 Å². The summed E-state index contributed by atoms with van der Waals surface area (Å²) in [6, 6.07) is 3.91. The van der Waals surface area contributed by atoms with Gasteiger partial charge in [-0.05, 0) is 12.5 Å². The van der Waals surface area contributed by atoms with E-state index in [0.717, 1.165) is 0 Å². The van der Waals surface area contributed by atoms with Crippen LogP contribution >= 0.6 is 0 Å². The van der Waals surface area contributed by atoms with Gasteiger partial charge in [0.2, 0.25) is 0 Å². The number of sulfone groups is 1. The fourth-order valence-corrected chi connectivity index (χ4v) is 3.60. The first-order chi connectivity index (χ1) is 8.37. The number of nitro groups is 1. The fraction of sp³-hybridized carbons (Fsp3) is 0.400. The molecule has 1 atom stereocenters. The van der Waals surface area contributed by atoms with Gasteiger partial charge in [-0.1, -0.05) is 0 Å². The van der Waals surface area contributed by atoms with E-state index < -0.39 is 14.8 Å². The molecule has 8 heteroatoms. The van der Waals surface area contributed by atoms with Crippen LogP contribution in [0, 0.1) is 10.1 Å². The molecule has 1 saturated heterocycles. The van der Waals surface area contributed by atoms with Crippen molar-refractivity contribution in [3.63, 3.8) is 0 Å². The van der Waals surface area contributed by atoms with E-state index in [0.29, 0.717) is 12.1 Å². The summed E-state index contributed by atoms with van der Waals surface area (Å²) in [5.41, 5.74) is 6.38. The van der Waals surface area contributed by atoms with Gasteiger partial charge in [-0.25, -0.2) is 8.42 Å². The zero-order valence-corrected chi connectivity index (χ0v) is 10.3. The van der Waals surface area contributed by atoms with Crippen molar-refractivity contribution >= 4 is 26.9 Å². The number of hydrogen-bond acceptors (Lipinski definition) is 6. The van der Waals surface area contributed by atoms with Crippen molar-refractivity contribution in [2.24, 2.45) is 0 Å². The Bertz CT molecular complexity index is 585. The van der Waals surface area contributed by atoms with Crippen molar-refractivity contribution in [2.45, 2.75) is 12.5 Å². The molecule has 18 heavy (non-hydrogen) atoms. The highest BCUT2D eigenvalue weighted by molar-refractivity contribution is 7.91. The van der Waals surface area contributed by atoms with Gasteiger partial charge in [0.15, 0.2) is 9.84 Å². The molecule has 1 aliphatic rings. The van der Waals surface area contributed by atoms with Crippen LogP contribution in [0.5, 0.6) is 0 Å². The zero-order valence-electron chi connectivity index (χ0n) is 9.50. The maximum atomic E-state index is 11.3. The summed E-state index contributed by atoms with van der Waals surface area (Å²) in [5, 5.41) is 13.5. The average molecular weight is 271 g/mol. The second-order valence-electron chi connectivity index (χ2n) is 4.27. The SMILES string of the molecule is Nc1cc([N+](=O)[O-])ccc1NC1CCS(=O)(=O)C1. The van der Waals surface area contributed by atoms with E-state index in [4.69, 9.17) is 5.73 Å². The lowest BCUT2D eigenvalue weighted by Gasteiger charge is -2.14. The normalized spacial score (nSPS) is 21.7. The highest BCUT2D eigenvalue weighted by Crippen LogP contribution is 2.26. The molecule has 1 unspecified atom stereocenters. The number of hydrogen-bond donors (Lipinski definition) is 2. The van der Waals surface area contributed by atoms with E-state index in [1.54, 1.807) is 0 Å². The Labute approximate surface area is 104 Å². The van der Waals surface area contributed by atoms with Gasteiger partial charge < -0.3 is 11.1 Å². The predicted octanol–water partition coefficient (Wildman–Crippen LogP) is 0.776. The Morgan fingerprint density at radius 2 is 2.17 bits per heavy atom. The van der Waals surface area contributed by atoms with E-state index in [-0.39, 0.29) is 28.9 Å². The van der Waals surface area contributed by atoms with E-state index in [9.17, 15) is 18.5 Å². The molecule has 1 aliphatic heterocycles. The fourth-order valence-electron chi connectivity index (χ4n) is 1.92. The highest BCUT2D eigenvalue weighted by Gasteiger charge is 2.28. The lowest BCUT2D eigenvalue weighted by Crippen LogP contribution is -2.21. The molecular formula is C10H13N3O4S. The smallest absolute Gasteiger partial charge is 0.271 e. The number of anilines is 2. The Balaban J connectivity index is 2.13. The van der Waals surface area contributed by atoms with Crippen LogP contribution in [0.1, 0.15) is 6.42 Å². The van der Waals surface area contributed by atoms with Gasteiger partial charge >= 0.3 is 0 Å². The molecule has 0 aliphatic carbocycles. The number of non-ortho nitro benzene ring substituents is 1. The van der Waals surface area contributed by atoms with E-state index in [1.165, 1.54) is 18.2 Å². The van der Waals surface area contributed by atoms with Crippen LogP contribution in [0.3, 0.4) is 0 Å². The third kappa shape index (κ3) is 2.70. The molecule has 1 aromatic rings. The number of benzene rings is 1. The Kier molecular flexibility index (Phi) is 3.12. The van der Waals surface area contributed by atoms with Gasteiger partial charge in [-0.3, -0.25) is 10.1 Å². The lowest BCUT2D eigenvalue weighted by molar-refractivity contribution is -0.384. The summed E-state index contributed by atoms with van der Waals surface area (Å²) in [7, 11) is -2.96. The largest absolute Gasteiger partial charge is 0.397 e. The van der Waals surface area contributed by atoms with Crippen LogP contribution in [0.15, 0.2) is 18.2 Å². The second kappa shape index (κ2) is 4.45. The van der Waals surface area contributed by atoms with Crippen LogP contribution in [0.25, 0.3) is 0 Å². The minimum atomic E-state index is -2.96. The van der Waals surface area contributed by atoms with E-state index in [2.05, 4.69) is 5.32 Å². The molecular weight excluding hydrogens is 258 g/mol. The predicted molar refractivity (Wildman–Crippen MR) is 68.2 cm³/mol. The molecule has 0 aromatic heterocycles. The van der Waals surface area contributed by atoms with Gasteiger partial charge in [-0.15, -0.1) is 0 Å².